The number of piperazine rings is 1. The fourth-order valence-electron chi connectivity index (χ4n) is 2.99. The van der Waals surface area contributed by atoms with Crippen LogP contribution < -0.4 is 10.3 Å². The van der Waals surface area contributed by atoms with Crippen LogP contribution in [-0.2, 0) is 6.54 Å². The lowest BCUT2D eigenvalue weighted by Crippen LogP contribution is -2.46. The summed E-state index contributed by atoms with van der Waals surface area (Å²) in [6.45, 7) is 7.96. The van der Waals surface area contributed by atoms with E-state index in [2.05, 4.69) is 19.8 Å². The van der Waals surface area contributed by atoms with Gasteiger partial charge < -0.3 is 10.0 Å². The minimum Gasteiger partial charge on any atom is -0.504 e. The van der Waals surface area contributed by atoms with E-state index in [1.165, 1.54) is 6.07 Å². The SMILES string of the molecule is CC(C)c1ccc(CN2CCN(c3ncccn3)CC2)c(O)c(=O)c1.Cl. The van der Waals surface area contributed by atoms with Gasteiger partial charge in [0, 0.05) is 50.7 Å². The van der Waals surface area contributed by atoms with Gasteiger partial charge in [0.2, 0.25) is 11.4 Å². The molecule has 1 N–H and O–H groups in total. The summed E-state index contributed by atoms with van der Waals surface area (Å²) in [6.07, 6.45) is 3.50. The topological polar surface area (TPSA) is 69.6 Å². The first-order chi connectivity index (χ1) is 12.0. The van der Waals surface area contributed by atoms with Gasteiger partial charge >= 0.3 is 0 Å². The minimum atomic E-state index is -0.306. The van der Waals surface area contributed by atoms with Gasteiger partial charge in [0.05, 0.1) is 0 Å². The Bertz CT molecular complexity index is 778. The minimum absolute atomic E-state index is 0. The van der Waals surface area contributed by atoms with Crippen molar-refractivity contribution >= 4 is 18.4 Å². The summed E-state index contributed by atoms with van der Waals surface area (Å²) in [6, 6.07) is 7.16. The van der Waals surface area contributed by atoms with Crippen molar-refractivity contribution in [2.24, 2.45) is 0 Å². The molecule has 2 aromatic rings. The fraction of sp³-hybridized carbons (Fsp3) is 0.421. The molecule has 2 heterocycles. The van der Waals surface area contributed by atoms with Crippen molar-refractivity contribution in [3.8, 4) is 5.75 Å². The summed E-state index contributed by atoms with van der Waals surface area (Å²) in [4.78, 5) is 25.1. The van der Waals surface area contributed by atoms with Crippen LogP contribution in [0.1, 0.15) is 30.9 Å². The van der Waals surface area contributed by atoms with Crippen LogP contribution in [0.5, 0.6) is 5.75 Å². The zero-order valence-corrected chi connectivity index (χ0v) is 15.9. The first kappa shape index (κ1) is 20.1. The van der Waals surface area contributed by atoms with Gasteiger partial charge in [-0.25, -0.2) is 9.97 Å². The van der Waals surface area contributed by atoms with Crippen LogP contribution in [0.25, 0.3) is 0 Å². The van der Waals surface area contributed by atoms with E-state index in [0.29, 0.717) is 12.1 Å². The van der Waals surface area contributed by atoms with Crippen molar-refractivity contribution in [2.45, 2.75) is 26.3 Å². The molecule has 1 aliphatic heterocycles. The Hall–Kier alpha value is -2.18. The second-order valence-electron chi connectivity index (χ2n) is 6.68. The lowest BCUT2D eigenvalue weighted by atomic mass is 10.1. The summed E-state index contributed by atoms with van der Waals surface area (Å²) < 4.78 is 0. The molecule has 0 atom stereocenters. The second kappa shape index (κ2) is 8.96. The van der Waals surface area contributed by atoms with Crippen molar-refractivity contribution in [1.82, 2.24) is 14.9 Å². The molecule has 1 saturated heterocycles. The second-order valence-corrected chi connectivity index (χ2v) is 6.68. The van der Waals surface area contributed by atoms with Crippen LogP contribution >= 0.6 is 12.4 Å². The van der Waals surface area contributed by atoms with Crippen LogP contribution in [-0.4, -0.2) is 46.2 Å². The molecule has 0 bridgehead atoms. The molecule has 0 saturated carbocycles. The van der Waals surface area contributed by atoms with Crippen LogP contribution in [0.2, 0.25) is 0 Å². The van der Waals surface area contributed by atoms with Gasteiger partial charge in [-0.3, -0.25) is 9.69 Å². The largest absolute Gasteiger partial charge is 0.504 e. The predicted octanol–water partition coefficient (Wildman–Crippen LogP) is 2.41. The van der Waals surface area contributed by atoms with E-state index in [1.54, 1.807) is 12.4 Å². The fourth-order valence-corrected chi connectivity index (χ4v) is 2.99. The average molecular weight is 377 g/mol. The molecule has 0 amide bonds. The van der Waals surface area contributed by atoms with E-state index in [4.69, 9.17) is 0 Å². The maximum atomic E-state index is 12.2. The lowest BCUT2D eigenvalue weighted by Gasteiger charge is -2.34. The number of nitrogens with zero attached hydrogens (tertiary/aromatic N) is 4. The molecule has 140 valence electrons. The van der Waals surface area contributed by atoms with Crippen LogP contribution in [0, 0.1) is 0 Å². The molecule has 0 unspecified atom stereocenters. The first-order valence-corrected chi connectivity index (χ1v) is 8.65. The number of hydrogen-bond acceptors (Lipinski definition) is 6. The standard InChI is InChI=1S/C19H24N4O2.ClH/c1-14(2)15-4-5-16(18(25)17(24)12-15)13-22-8-10-23(11-9-22)19-20-6-3-7-21-19;/h3-7,12,14H,8-11,13H2,1-2H3,(H,24,25);1H. The quantitative estimate of drug-likeness (QED) is 0.883. The average Bonchev–Trinajstić information content (AvgIpc) is 2.77. The molecule has 1 fully saturated rings. The molecule has 3 rings (SSSR count). The Morgan fingerprint density at radius 3 is 2.38 bits per heavy atom. The molecule has 0 aliphatic carbocycles. The van der Waals surface area contributed by atoms with Crippen molar-refractivity contribution < 1.29 is 5.11 Å². The molecular weight excluding hydrogens is 352 g/mol. The summed E-state index contributed by atoms with van der Waals surface area (Å²) in [5.74, 6) is 0.863. The van der Waals surface area contributed by atoms with E-state index < -0.39 is 0 Å². The first-order valence-electron chi connectivity index (χ1n) is 8.65. The summed E-state index contributed by atoms with van der Waals surface area (Å²) in [5.41, 5.74) is 1.32. The predicted molar refractivity (Wildman–Crippen MR) is 105 cm³/mol. The molecule has 0 radical (unpaired) electrons. The number of rotatable bonds is 4. The smallest absolute Gasteiger partial charge is 0.225 e. The van der Waals surface area contributed by atoms with Gasteiger partial charge in [-0.05, 0) is 23.6 Å². The number of halogens is 1. The number of aromatic nitrogens is 2. The molecule has 1 aliphatic rings. The van der Waals surface area contributed by atoms with Crippen molar-refractivity contribution in [2.75, 3.05) is 31.1 Å². The Kier molecular flexibility index (Phi) is 6.94. The van der Waals surface area contributed by atoms with Gasteiger partial charge in [0.15, 0.2) is 5.75 Å². The Balaban J connectivity index is 0.00000243. The number of aromatic hydroxyl groups is 1. The third-order valence-corrected chi connectivity index (χ3v) is 4.58. The van der Waals surface area contributed by atoms with Gasteiger partial charge in [0.1, 0.15) is 0 Å². The highest BCUT2D eigenvalue weighted by Gasteiger charge is 2.20. The highest BCUT2D eigenvalue weighted by atomic mass is 35.5. The van der Waals surface area contributed by atoms with Crippen molar-refractivity contribution in [3.63, 3.8) is 0 Å². The zero-order chi connectivity index (χ0) is 17.8. The van der Waals surface area contributed by atoms with E-state index in [1.807, 2.05) is 32.0 Å². The van der Waals surface area contributed by atoms with Crippen LogP contribution in [0.3, 0.4) is 0 Å². The highest BCUT2D eigenvalue weighted by Crippen LogP contribution is 2.19. The number of hydrogen-bond donors (Lipinski definition) is 1. The molecule has 1 aromatic heterocycles. The zero-order valence-electron chi connectivity index (χ0n) is 15.1. The van der Waals surface area contributed by atoms with Crippen LogP contribution in [0.4, 0.5) is 5.95 Å². The maximum absolute atomic E-state index is 12.2. The normalized spacial score (nSPS) is 15.0. The summed E-state index contributed by atoms with van der Waals surface area (Å²) in [5, 5.41) is 10.3. The summed E-state index contributed by atoms with van der Waals surface area (Å²) in [7, 11) is 0. The molecule has 1 aromatic carbocycles. The van der Waals surface area contributed by atoms with Gasteiger partial charge in [-0.1, -0.05) is 26.0 Å². The maximum Gasteiger partial charge on any atom is 0.225 e. The highest BCUT2D eigenvalue weighted by molar-refractivity contribution is 5.85. The van der Waals surface area contributed by atoms with Gasteiger partial charge in [-0.2, -0.15) is 0 Å². The van der Waals surface area contributed by atoms with Crippen LogP contribution in [0.15, 0.2) is 41.5 Å². The third-order valence-electron chi connectivity index (χ3n) is 4.58. The number of anilines is 1. The molecule has 6 nitrogen and oxygen atoms in total. The molecule has 26 heavy (non-hydrogen) atoms. The van der Waals surface area contributed by atoms with Crippen molar-refractivity contribution in [3.05, 3.63) is 58.0 Å². The van der Waals surface area contributed by atoms with E-state index in [-0.39, 0.29) is 29.5 Å². The summed E-state index contributed by atoms with van der Waals surface area (Å²) >= 11 is 0. The Labute approximate surface area is 159 Å². The van der Waals surface area contributed by atoms with E-state index in [9.17, 15) is 9.90 Å². The molecule has 0 spiro atoms. The van der Waals surface area contributed by atoms with E-state index >= 15 is 0 Å². The molecule has 7 heteroatoms. The van der Waals surface area contributed by atoms with Gasteiger partial charge in [-0.15, -0.1) is 12.4 Å². The van der Waals surface area contributed by atoms with Gasteiger partial charge in [0.25, 0.3) is 0 Å². The monoisotopic (exact) mass is 376 g/mol. The Morgan fingerprint density at radius 1 is 1.12 bits per heavy atom. The van der Waals surface area contributed by atoms with E-state index in [0.717, 1.165) is 37.7 Å². The lowest BCUT2D eigenvalue weighted by molar-refractivity contribution is 0.245. The molecular formula is C19H25ClN4O2. The Morgan fingerprint density at radius 2 is 1.77 bits per heavy atom. The van der Waals surface area contributed by atoms with Crippen molar-refractivity contribution in [1.29, 1.82) is 0 Å². The third kappa shape index (κ3) is 4.71.